The zero-order valence-corrected chi connectivity index (χ0v) is 13.4. The molecule has 0 aliphatic heterocycles. The Morgan fingerprint density at radius 3 is 2.19 bits per heavy atom. The highest BCUT2D eigenvalue weighted by atomic mass is 32.2. The van der Waals surface area contributed by atoms with E-state index in [0.717, 1.165) is 4.90 Å². The van der Waals surface area contributed by atoms with Crippen LogP contribution < -0.4 is 4.72 Å². The van der Waals surface area contributed by atoms with Crippen LogP contribution in [0.5, 0.6) is 0 Å². The SMILES string of the molecule is O=S(=O)(NC(=S)C=CSc1ccccc1)c1ccccc1. The first-order chi connectivity index (χ1) is 10.1. The summed E-state index contributed by atoms with van der Waals surface area (Å²) in [6, 6.07) is 17.9. The van der Waals surface area contributed by atoms with E-state index in [1.165, 1.54) is 23.9 Å². The third-order valence-corrected chi connectivity index (χ3v) is 5.02. The lowest BCUT2D eigenvalue weighted by atomic mass is 10.4. The van der Waals surface area contributed by atoms with E-state index in [1.54, 1.807) is 29.7 Å². The van der Waals surface area contributed by atoms with Crippen LogP contribution in [0.2, 0.25) is 0 Å². The second-order valence-electron chi connectivity index (χ2n) is 4.02. The molecule has 0 spiro atoms. The fourth-order valence-electron chi connectivity index (χ4n) is 1.50. The molecule has 6 heteroatoms. The minimum absolute atomic E-state index is 0.155. The highest BCUT2D eigenvalue weighted by Gasteiger charge is 2.13. The van der Waals surface area contributed by atoms with Crippen molar-refractivity contribution in [2.24, 2.45) is 0 Å². The second kappa shape index (κ2) is 7.40. The van der Waals surface area contributed by atoms with Crippen molar-refractivity contribution in [3.05, 3.63) is 72.1 Å². The van der Waals surface area contributed by atoms with Crippen LogP contribution >= 0.6 is 24.0 Å². The summed E-state index contributed by atoms with van der Waals surface area (Å²) in [7, 11) is -3.61. The van der Waals surface area contributed by atoms with Gasteiger partial charge in [0.05, 0.1) is 4.90 Å². The first-order valence-corrected chi connectivity index (χ1v) is 8.85. The van der Waals surface area contributed by atoms with Gasteiger partial charge in [-0.1, -0.05) is 60.4 Å². The summed E-state index contributed by atoms with van der Waals surface area (Å²) in [6.45, 7) is 0. The maximum atomic E-state index is 12.0. The molecule has 0 aliphatic carbocycles. The summed E-state index contributed by atoms with van der Waals surface area (Å²) in [5.41, 5.74) is 0. The number of sulfonamides is 1. The van der Waals surface area contributed by atoms with Crippen molar-refractivity contribution < 1.29 is 8.42 Å². The minimum atomic E-state index is -3.61. The lowest BCUT2D eigenvalue weighted by Crippen LogP contribution is -2.27. The smallest absolute Gasteiger partial charge is 0.262 e. The highest BCUT2D eigenvalue weighted by Crippen LogP contribution is 2.18. The van der Waals surface area contributed by atoms with Crippen molar-refractivity contribution >= 4 is 39.0 Å². The number of benzene rings is 2. The van der Waals surface area contributed by atoms with E-state index in [2.05, 4.69) is 4.72 Å². The fourth-order valence-corrected chi connectivity index (χ4v) is 3.62. The van der Waals surface area contributed by atoms with Crippen LogP contribution in [0.4, 0.5) is 0 Å². The number of nitrogens with one attached hydrogen (secondary N) is 1. The Balaban J connectivity index is 1.96. The maximum Gasteiger partial charge on any atom is 0.262 e. The van der Waals surface area contributed by atoms with Crippen molar-refractivity contribution in [2.75, 3.05) is 0 Å². The van der Waals surface area contributed by atoms with Gasteiger partial charge < -0.3 is 0 Å². The van der Waals surface area contributed by atoms with E-state index in [-0.39, 0.29) is 9.88 Å². The van der Waals surface area contributed by atoms with Crippen LogP contribution in [0, 0.1) is 0 Å². The molecular formula is C15H13NO2S3. The third-order valence-electron chi connectivity index (χ3n) is 2.46. The molecule has 2 aromatic rings. The molecule has 2 aromatic carbocycles. The van der Waals surface area contributed by atoms with Crippen molar-refractivity contribution in [3.63, 3.8) is 0 Å². The number of hydrogen-bond acceptors (Lipinski definition) is 4. The van der Waals surface area contributed by atoms with Gasteiger partial charge in [0, 0.05) is 4.90 Å². The van der Waals surface area contributed by atoms with Gasteiger partial charge in [0.2, 0.25) is 0 Å². The first kappa shape index (κ1) is 15.8. The quantitative estimate of drug-likeness (QED) is 0.515. The molecule has 0 amide bonds. The van der Waals surface area contributed by atoms with E-state index in [4.69, 9.17) is 12.2 Å². The van der Waals surface area contributed by atoms with Gasteiger partial charge in [-0.3, -0.25) is 4.72 Å². The molecular weight excluding hydrogens is 322 g/mol. The molecule has 0 atom stereocenters. The number of hydrogen-bond donors (Lipinski definition) is 1. The van der Waals surface area contributed by atoms with Gasteiger partial charge in [-0.05, 0) is 35.7 Å². The molecule has 0 radical (unpaired) electrons. The lowest BCUT2D eigenvalue weighted by Gasteiger charge is -2.05. The Labute approximate surface area is 134 Å². The summed E-state index contributed by atoms with van der Waals surface area (Å²) < 4.78 is 26.4. The van der Waals surface area contributed by atoms with Crippen molar-refractivity contribution in [1.82, 2.24) is 4.72 Å². The van der Waals surface area contributed by atoms with E-state index >= 15 is 0 Å². The van der Waals surface area contributed by atoms with Gasteiger partial charge >= 0.3 is 0 Å². The van der Waals surface area contributed by atoms with Crippen molar-refractivity contribution in [2.45, 2.75) is 9.79 Å². The predicted octanol–water partition coefficient (Wildman–Crippen LogP) is 3.60. The Hall–Kier alpha value is -1.63. The number of rotatable bonds is 5. The van der Waals surface area contributed by atoms with Gasteiger partial charge in [-0.25, -0.2) is 8.42 Å². The molecule has 0 unspecified atom stereocenters. The molecule has 3 nitrogen and oxygen atoms in total. The van der Waals surface area contributed by atoms with E-state index in [0.29, 0.717) is 0 Å². The molecule has 1 N–H and O–H groups in total. The fraction of sp³-hybridized carbons (Fsp3) is 0. The molecule has 108 valence electrons. The Morgan fingerprint density at radius 2 is 1.57 bits per heavy atom. The van der Waals surface area contributed by atoms with Crippen molar-refractivity contribution in [3.8, 4) is 0 Å². The lowest BCUT2D eigenvalue weighted by molar-refractivity contribution is 0.593. The molecule has 0 saturated carbocycles. The zero-order chi connectivity index (χ0) is 15.1. The Kier molecular flexibility index (Phi) is 5.55. The molecule has 2 rings (SSSR count). The summed E-state index contributed by atoms with van der Waals surface area (Å²) >= 11 is 6.49. The van der Waals surface area contributed by atoms with Gasteiger partial charge in [0.15, 0.2) is 0 Å². The van der Waals surface area contributed by atoms with Crippen LogP contribution in [0.25, 0.3) is 0 Å². The summed E-state index contributed by atoms with van der Waals surface area (Å²) in [5, 5.41) is 1.76. The zero-order valence-electron chi connectivity index (χ0n) is 11.0. The van der Waals surface area contributed by atoms with Crippen LogP contribution in [0.1, 0.15) is 0 Å². The Bertz CT molecular complexity index is 726. The van der Waals surface area contributed by atoms with Crippen LogP contribution in [0.3, 0.4) is 0 Å². The third kappa shape index (κ3) is 5.00. The Morgan fingerprint density at radius 1 is 1.00 bits per heavy atom. The van der Waals surface area contributed by atoms with Crippen LogP contribution in [-0.2, 0) is 10.0 Å². The molecule has 0 aliphatic rings. The molecule has 0 saturated heterocycles. The molecule has 0 heterocycles. The summed E-state index contributed by atoms with van der Waals surface area (Å²) in [5.74, 6) is 0. The van der Waals surface area contributed by atoms with E-state index < -0.39 is 10.0 Å². The van der Waals surface area contributed by atoms with E-state index in [1.807, 2.05) is 30.3 Å². The summed E-state index contributed by atoms with van der Waals surface area (Å²) in [6.07, 6.45) is 1.56. The second-order valence-corrected chi connectivity index (χ2v) is 7.12. The van der Waals surface area contributed by atoms with Crippen molar-refractivity contribution in [1.29, 1.82) is 0 Å². The average Bonchev–Trinajstić information content (AvgIpc) is 2.49. The van der Waals surface area contributed by atoms with Gasteiger partial charge in [0.25, 0.3) is 10.0 Å². The topological polar surface area (TPSA) is 46.2 Å². The first-order valence-electron chi connectivity index (χ1n) is 6.08. The predicted molar refractivity (Wildman–Crippen MR) is 90.8 cm³/mol. The molecule has 21 heavy (non-hydrogen) atoms. The largest absolute Gasteiger partial charge is 0.270 e. The highest BCUT2D eigenvalue weighted by molar-refractivity contribution is 8.02. The van der Waals surface area contributed by atoms with Gasteiger partial charge in [-0.2, -0.15) is 0 Å². The molecule has 0 bridgehead atoms. The van der Waals surface area contributed by atoms with Crippen LogP contribution in [0.15, 0.2) is 81.9 Å². The normalized spacial score (nSPS) is 11.4. The average molecular weight is 335 g/mol. The standard InChI is InChI=1S/C15H13NO2S3/c17-21(18,14-9-5-2-6-10-14)16-15(19)11-12-20-13-7-3-1-4-8-13/h1-12H,(H,16,19). The number of thioether (sulfide) groups is 1. The molecule has 0 aromatic heterocycles. The minimum Gasteiger partial charge on any atom is -0.270 e. The van der Waals surface area contributed by atoms with Crippen LogP contribution in [-0.4, -0.2) is 13.4 Å². The monoisotopic (exact) mass is 335 g/mol. The maximum absolute atomic E-state index is 12.0. The van der Waals surface area contributed by atoms with Gasteiger partial charge in [-0.15, -0.1) is 0 Å². The summed E-state index contributed by atoms with van der Waals surface area (Å²) in [4.78, 5) is 1.40. The number of thiocarbonyl (C=S) groups is 1. The van der Waals surface area contributed by atoms with Gasteiger partial charge in [0.1, 0.15) is 4.99 Å². The van der Waals surface area contributed by atoms with E-state index in [9.17, 15) is 8.42 Å². The molecule has 0 fully saturated rings.